The number of nitrogens with one attached hydrogen (secondary N) is 2. The van der Waals surface area contributed by atoms with E-state index in [1.54, 1.807) is 20.8 Å². The van der Waals surface area contributed by atoms with Gasteiger partial charge in [0.05, 0.1) is 11.6 Å². The van der Waals surface area contributed by atoms with Gasteiger partial charge in [-0.15, -0.1) is 0 Å². The highest BCUT2D eigenvalue weighted by Crippen LogP contribution is 2.14. The fraction of sp³-hybridized carbons (Fsp3) is 0.318. The zero-order chi connectivity index (χ0) is 22.3. The molecule has 8 heteroatoms. The Hall–Kier alpha value is -3.39. The van der Waals surface area contributed by atoms with Crippen LogP contribution in [0, 0.1) is 0 Å². The molecular weight excluding hydrogens is 388 g/mol. The number of hydrogen-bond donors (Lipinski definition) is 4. The zero-order valence-corrected chi connectivity index (χ0v) is 17.1. The van der Waals surface area contributed by atoms with Crippen LogP contribution in [0.2, 0.25) is 0 Å². The molecule has 0 spiro atoms. The van der Waals surface area contributed by atoms with Gasteiger partial charge in [-0.3, -0.25) is 4.79 Å². The van der Waals surface area contributed by atoms with Crippen LogP contribution < -0.4 is 10.6 Å². The monoisotopic (exact) mass is 414 g/mol. The number of anilines is 1. The predicted molar refractivity (Wildman–Crippen MR) is 111 cm³/mol. The maximum atomic E-state index is 12.6. The number of alkyl carbamates (subject to hydrolysis) is 1. The third kappa shape index (κ3) is 7.21. The van der Waals surface area contributed by atoms with Gasteiger partial charge in [0, 0.05) is 5.69 Å². The molecule has 2 aromatic rings. The van der Waals surface area contributed by atoms with Crippen LogP contribution in [0.4, 0.5) is 10.5 Å². The molecule has 0 saturated heterocycles. The summed E-state index contributed by atoms with van der Waals surface area (Å²) in [5, 5.41) is 24.7. The van der Waals surface area contributed by atoms with Crippen molar-refractivity contribution in [3.8, 4) is 0 Å². The minimum absolute atomic E-state index is 0.00462. The summed E-state index contributed by atoms with van der Waals surface area (Å²) in [6, 6.07) is 13.7. The summed E-state index contributed by atoms with van der Waals surface area (Å²) in [6.45, 7) is 5.12. The van der Waals surface area contributed by atoms with Crippen LogP contribution in [0.5, 0.6) is 0 Å². The van der Waals surface area contributed by atoms with E-state index in [0.717, 1.165) is 5.56 Å². The molecule has 2 amide bonds. The Morgan fingerprint density at radius 2 is 1.70 bits per heavy atom. The predicted octanol–water partition coefficient (Wildman–Crippen LogP) is 2.82. The quantitative estimate of drug-likeness (QED) is 0.552. The number of rotatable bonds is 7. The van der Waals surface area contributed by atoms with Crippen molar-refractivity contribution in [2.45, 2.75) is 44.9 Å². The number of aliphatic hydroxyl groups is 1. The maximum absolute atomic E-state index is 12.6. The number of carbonyl (C=O) groups is 3. The van der Waals surface area contributed by atoms with Crippen molar-refractivity contribution in [1.29, 1.82) is 0 Å². The highest BCUT2D eigenvalue weighted by molar-refractivity contribution is 5.96. The van der Waals surface area contributed by atoms with Gasteiger partial charge in [-0.1, -0.05) is 36.4 Å². The molecule has 2 atom stereocenters. The van der Waals surface area contributed by atoms with E-state index in [2.05, 4.69) is 10.6 Å². The Kier molecular flexibility index (Phi) is 7.54. The lowest BCUT2D eigenvalue weighted by atomic mass is 10.0. The van der Waals surface area contributed by atoms with Gasteiger partial charge >= 0.3 is 12.1 Å². The number of ether oxygens (including phenoxy) is 1. The molecule has 0 heterocycles. The summed E-state index contributed by atoms with van der Waals surface area (Å²) in [5.41, 5.74) is 0.272. The van der Waals surface area contributed by atoms with Crippen LogP contribution in [-0.2, 0) is 16.0 Å². The third-order valence-electron chi connectivity index (χ3n) is 4.03. The van der Waals surface area contributed by atoms with Gasteiger partial charge in [0.15, 0.2) is 6.10 Å². The molecule has 160 valence electrons. The second-order valence-corrected chi connectivity index (χ2v) is 7.76. The molecular formula is C22H26N2O6. The third-order valence-corrected chi connectivity index (χ3v) is 4.03. The summed E-state index contributed by atoms with van der Waals surface area (Å²) in [6.07, 6.45) is -2.18. The topological polar surface area (TPSA) is 125 Å². The Bertz CT molecular complexity index is 892. The van der Waals surface area contributed by atoms with Crippen LogP contribution in [0.25, 0.3) is 0 Å². The molecule has 4 N–H and O–H groups in total. The van der Waals surface area contributed by atoms with Crippen molar-refractivity contribution in [3.63, 3.8) is 0 Å². The number of amides is 2. The lowest BCUT2D eigenvalue weighted by Crippen LogP contribution is -2.51. The number of benzene rings is 2. The van der Waals surface area contributed by atoms with Crippen LogP contribution in [-0.4, -0.2) is 45.9 Å². The molecule has 0 bridgehead atoms. The van der Waals surface area contributed by atoms with Crippen molar-refractivity contribution >= 4 is 23.7 Å². The van der Waals surface area contributed by atoms with Gasteiger partial charge < -0.3 is 25.6 Å². The summed E-state index contributed by atoms with van der Waals surface area (Å²) >= 11 is 0. The molecule has 0 radical (unpaired) electrons. The molecule has 0 saturated carbocycles. The Morgan fingerprint density at radius 3 is 2.30 bits per heavy atom. The summed E-state index contributed by atoms with van der Waals surface area (Å²) < 4.78 is 5.24. The molecule has 0 fully saturated rings. The second kappa shape index (κ2) is 9.89. The van der Waals surface area contributed by atoms with E-state index in [4.69, 9.17) is 9.84 Å². The molecule has 30 heavy (non-hydrogen) atoms. The van der Waals surface area contributed by atoms with E-state index in [9.17, 15) is 19.5 Å². The summed E-state index contributed by atoms with van der Waals surface area (Å²) in [5.74, 6) is -1.92. The first-order valence-electron chi connectivity index (χ1n) is 9.41. The Balaban J connectivity index is 2.16. The van der Waals surface area contributed by atoms with Crippen LogP contribution in [0.15, 0.2) is 54.6 Å². The number of aliphatic hydroxyl groups excluding tert-OH is 1. The van der Waals surface area contributed by atoms with E-state index in [0.29, 0.717) is 0 Å². The van der Waals surface area contributed by atoms with Crippen molar-refractivity contribution in [2.75, 3.05) is 5.32 Å². The minimum Gasteiger partial charge on any atom is -0.478 e. The van der Waals surface area contributed by atoms with Crippen molar-refractivity contribution in [2.24, 2.45) is 0 Å². The normalized spacial score (nSPS) is 13.1. The fourth-order valence-corrected chi connectivity index (χ4v) is 2.70. The first kappa shape index (κ1) is 22.9. The first-order valence-corrected chi connectivity index (χ1v) is 9.41. The lowest BCUT2D eigenvalue weighted by molar-refractivity contribution is -0.125. The molecule has 2 rings (SSSR count). The second-order valence-electron chi connectivity index (χ2n) is 7.76. The lowest BCUT2D eigenvalue weighted by Gasteiger charge is -2.26. The largest absolute Gasteiger partial charge is 0.478 e. The van der Waals surface area contributed by atoms with E-state index < -0.39 is 35.7 Å². The fourth-order valence-electron chi connectivity index (χ4n) is 2.70. The molecule has 0 aliphatic carbocycles. The average molecular weight is 414 g/mol. The standard InChI is InChI=1S/C22H26N2O6/c1-22(2,3)30-21(29)24-17(12-14-8-5-4-6-9-14)18(25)19(26)23-16-11-7-10-15(13-16)20(27)28/h4-11,13,17-18,25H,12H2,1-3H3,(H,23,26)(H,24,29)(H,27,28). The molecule has 2 aromatic carbocycles. The SMILES string of the molecule is CC(C)(C)OC(=O)NC(Cc1ccccc1)C(O)C(=O)Nc1cccc(C(=O)O)c1. The zero-order valence-electron chi connectivity index (χ0n) is 17.1. The average Bonchev–Trinajstić information content (AvgIpc) is 2.66. The Labute approximate surface area is 174 Å². The van der Waals surface area contributed by atoms with Crippen molar-refractivity contribution in [3.05, 3.63) is 65.7 Å². The molecule has 8 nitrogen and oxygen atoms in total. The van der Waals surface area contributed by atoms with E-state index >= 15 is 0 Å². The molecule has 2 unspecified atom stereocenters. The van der Waals surface area contributed by atoms with E-state index in [1.165, 1.54) is 24.3 Å². The van der Waals surface area contributed by atoms with E-state index in [-0.39, 0.29) is 17.7 Å². The number of carbonyl (C=O) groups excluding carboxylic acids is 2. The number of carboxylic acid groups (broad SMARTS) is 1. The highest BCUT2D eigenvalue weighted by atomic mass is 16.6. The summed E-state index contributed by atoms with van der Waals surface area (Å²) in [7, 11) is 0. The van der Waals surface area contributed by atoms with Crippen molar-refractivity contribution in [1.82, 2.24) is 5.32 Å². The van der Waals surface area contributed by atoms with Gasteiger partial charge in [-0.05, 0) is 51.0 Å². The minimum atomic E-state index is -1.61. The van der Waals surface area contributed by atoms with E-state index in [1.807, 2.05) is 30.3 Å². The smallest absolute Gasteiger partial charge is 0.407 e. The highest BCUT2D eigenvalue weighted by Gasteiger charge is 2.30. The van der Waals surface area contributed by atoms with Crippen molar-refractivity contribution < 1.29 is 29.3 Å². The number of aromatic carboxylic acids is 1. The van der Waals surface area contributed by atoms with Gasteiger partial charge in [0.25, 0.3) is 5.91 Å². The van der Waals surface area contributed by atoms with Crippen LogP contribution >= 0.6 is 0 Å². The van der Waals surface area contributed by atoms with Gasteiger partial charge in [-0.25, -0.2) is 9.59 Å². The van der Waals surface area contributed by atoms with Crippen LogP contribution in [0.3, 0.4) is 0 Å². The number of hydrogen-bond acceptors (Lipinski definition) is 5. The van der Waals surface area contributed by atoms with Crippen LogP contribution in [0.1, 0.15) is 36.7 Å². The molecule has 0 aliphatic rings. The maximum Gasteiger partial charge on any atom is 0.407 e. The Morgan fingerprint density at radius 1 is 1.03 bits per heavy atom. The molecule has 0 aromatic heterocycles. The summed E-state index contributed by atoms with van der Waals surface area (Å²) in [4.78, 5) is 35.9. The van der Waals surface area contributed by atoms with Gasteiger partial charge in [-0.2, -0.15) is 0 Å². The first-order chi connectivity index (χ1) is 14.0. The number of carboxylic acids is 1. The molecule has 0 aliphatic heterocycles. The van der Waals surface area contributed by atoms with Gasteiger partial charge in [0.1, 0.15) is 5.60 Å². The van der Waals surface area contributed by atoms with Gasteiger partial charge in [0.2, 0.25) is 0 Å².